The van der Waals surface area contributed by atoms with Gasteiger partial charge in [-0.1, -0.05) is 0 Å². The lowest BCUT2D eigenvalue weighted by molar-refractivity contribution is -0.128. The maximum absolute atomic E-state index is 11.8. The van der Waals surface area contributed by atoms with Gasteiger partial charge in [0.1, 0.15) is 5.75 Å². The van der Waals surface area contributed by atoms with Gasteiger partial charge in [0.15, 0.2) is 0 Å². The van der Waals surface area contributed by atoms with Gasteiger partial charge in [-0.25, -0.2) is 0 Å². The topological polar surface area (TPSA) is 58.6 Å². The fourth-order valence-corrected chi connectivity index (χ4v) is 1.44. The lowest BCUT2D eigenvalue weighted by Gasteiger charge is -2.14. The van der Waals surface area contributed by atoms with Gasteiger partial charge in [-0.15, -0.1) is 0 Å². The molecule has 0 bridgehead atoms. The van der Waals surface area contributed by atoms with Crippen LogP contribution in [0, 0.1) is 0 Å². The maximum atomic E-state index is 11.8. The Labute approximate surface area is 113 Å². The third-order valence-electron chi connectivity index (χ3n) is 2.73. The second-order valence-electron chi connectivity index (χ2n) is 4.05. The summed E-state index contributed by atoms with van der Waals surface area (Å²) in [4.78, 5) is 24.9. The van der Waals surface area contributed by atoms with Crippen molar-refractivity contribution < 1.29 is 14.3 Å². The van der Waals surface area contributed by atoms with Crippen molar-refractivity contribution in [3.8, 4) is 5.75 Å². The minimum atomic E-state index is -0.263. The number of rotatable bonds is 6. The molecule has 1 aromatic rings. The van der Waals surface area contributed by atoms with E-state index in [1.807, 2.05) is 13.8 Å². The third-order valence-corrected chi connectivity index (χ3v) is 2.73. The van der Waals surface area contributed by atoms with E-state index >= 15 is 0 Å². The Kier molecular flexibility index (Phi) is 5.85. The second kappa shape index (κ2) is 7.41. The van der Waals surface area contributed by atoms with E-state index in [0.29, 0.717) is 18.7 Å². The first-order valence-electron chi connectivity index (χ1n) is 6.33. The van der Waals surface area contributed by atoms with Crippen LogP contribution in [-0.2, 0) is 4.79 Å². The average molecular weight is 264 g/mol. The van der Waals surface area contributed by atoms with Gasteiger partial charge >= 0.3 is 0 Å². The molecule has 0 atom stereocenters. The molecule has 5 nitrogen and oxygen atoms in total. The Morgan fingerprint density at radius 1 is 1.21 bits per heavy atom. The van der Waals surface area contributed by atoms with Crippen LogP contribution in [0.25, 0.3) is 0 Å². The lowest BCUT2D eigenvalue weighted by atomic mass is 10.2. The van der Waals surface area contributed by atoms with Crippen molar-refractivity contribution in [1.29, 1.82) is 0 Å². The van der Waals surface area contributed by atoms with Gasteiger partial charge in [-0.3, -0.25) is 9.59 Å². The van der Waals surface area contributed by atoms with Gasteiger partial charge in [-0.2, -0.15) is 0 Å². The molecule has 0 aromatic heterocycles. The molecule has 0 unspecified atom stereocenters. The normalized spacial score (nSPS) is 9.84. The fourth-order valence-electron chi connectivity index (χ4n) is 1.44. The van der Waals surface area contributed by atoms with Crippen molar-refractivity contribution >= 4 is 11.8 Å². The summed E-state index contributed by atoms with van der Waals surface area (Å²) in [5.41, 5.74) is 0.510. The first-order valence-corrected chi connectivity index (χ1v) is 6.33. The molecule has 1 N–H and O–H groups in total. The zero-order valence-corrected chi connectivity index (χ0v) is 11.6. The van der Waals surface area contributed by atoms with Gasteiger partial charge in [0.2, 0.25) is 5.91 Å². The number of hydrogen-bond acceptors (Lipinski definition) is 3. The highest BCUT2D eigenvalue weighted by molar-refractivity contribution is 5.96. The lowest BCUT2D eigenvalue weighted by Crippen LogP contribution is -2.37. The summed E-state index contributed by atoms with van der Waals surface area (Å²) in [5.74, 6) is 0.350. The molecule has 0 saturated heterocycles. The third kappa shape index (κ3) is 4.62. The van der Waals surface area contributed by atoms with E-state index in [9.17, 15) is 9.59 Å². The summed E-state index contributed by atoms with van der Waals surface area (Å²) >= 11 is 0. The maximum Gasteiger partial charge on any atom is 0.251 e. The molecule has 104 valence electrons. The number of likely N-dealkylation sites (N-methyl/N-ethyl adjacent to an activating group) is 1. The molecule has 0 aliphatic carbocycles. The zero-order chi connectivity index (χ0) is 14.3. The highest BCUT2D eigenvalue weighted by Gasteiger charge is 2.10. The minimum Gasteiger partial charge on any atom is -0.494 e. The summed E-state index contributed by atoms with van der Waals surface area (Å²) in [5, 5.41) is 2.59. The SMILES string of the molecule is CCOc1ccc(C(=O)NCC(=O)N(C)CC)cc1. The minimum absolute atomic E-state index is 0.0103. The molecule has 0 radical (unpaired) electrons. The van der Waals surface area contributed by atoms with Gasteiger partial charge in [0.25, 0.3) is 5.91 Å². The number of carbonyl (C=O) groups excluding carboxylic acids is 2. The molecule has 0 heterocycles. The van der Waals surface area contributed by atoms with E-state index in [0.717, 1.165) is 5.75 Å². The number of nitrogens with zero attached hydrogens (tertiary/aromatic N) is 1. The van der Waals surface area contributed by atoms with Crippen molar-refractivity contribution in [3.63, 3.8) is 0 Å². The summed E-state index contributed by atoms with van der Waals surface area (Å²) in [7, 11) is 1.70. The summed E-state index contributed by atoms with van der Waals surface area (Å²) < 4.78 is 5.29. The predicted octanol–water partition coefficient (Wildman–Crippen LogP) is 1.29. The van der Waals surface area contributed by atoms with Crippen LogP contribution in [0.1, 0.15) is 24.2 Å². The molecule has 5 heteroatoms. The Bertz CT molecular complexity index is 429. The first kappa shape index (κ1) is 15.0. The molecule has 2 amide bonds. The summed E-state index contributed by atoms with van der Waals surface area (Å²) in [6, 6.07) is 6.82. The Morgan fingerprint density at radius 2 is 1.84 bits per heavy atom. The van der Waals surface area contributed by atoms with Crippen LogP contribution in [0.15, 0.2) is 24.3 Å². The molecule has 0 aliphatic heterocycles. The molecule has 0 fully saturated rings. The molecular weight excluding hydrogens is 244 g/mol. The van der Waals surface area contributed by atoms with Gasteiger partial charge in [0, 0.05) is 19.2 Å². The Morgan fingerprint density at radius 3 is 2.37 bits per heavy atom. The number of ether oxygens (including phenoxy) is 1. The van der Waals surface area contributed by atoms with Crippen molar-refractivity contribution in [2.45, 2.75) is 13.8 Å². The van der Waals surface area contributed by atoms with Crippen molar-refractivity contribution in [2.24, 2.45) is 0 Å². The van der Waals surface area contributed by atoms with E-state index in [4.69, 9.17) is 4.74 Å². The van der Waals surface area contributed by atoms with Crippen LogP contribution in [0.5, 0.6) is 5.75 Å². The van der Waals surface area contributed by atoms with Crippen LogP contribution in [0.2, 0.25) is 0 Å². The first-order chi connectivity index (χ1) is 9.08. The largest absolute Gasteiger partial charge is 0.494 e. The number of hydrogen-bond donors (Lipinski definition) is 1. The van der Waals surface area contributed by atoms with Crippen LogP contribution in [0.3, 0.4) is 0 Å². The summed E-state index contributed by atoms with van der Waals surface area (Å²) in [6.07, 6.45) is 0. The number of nitrogens with one attached hydrogen (secondary N) is 1. The quantitative estimate of drug-likeness (QED) is 0.842. The molecule has 0 spiro atoms. The monoisotopic (exact) mass is 264 g/mol. The Balaban J connectivity index is 2.51. The molecule has 0 aliphatic rings. The van der Waals surface area contributed by atoms with E-state index in [1.54, 1.807) is 36.2 Å². The van der Waals surface area contributed by atoms with Gasteiger partial charge < -0.3 is 15.0 Å². The molecular formula is C14H20N2O3. The predicted molar refractivity (Wildman–Crippen MR) is 73.3 cm³/mol. The average Bonchev–Trinajstić information content (AvgIpc) is 2.44. The van der Waals surface area contributed by atoms with Crippen LogP contribution >= 0.6 is 0 Å². The smallest absolute Gasteiger partial charge is 0.251 e. The highest BCUT2D eigenvalue weighted by Crippen LogP contribution is 2.11. The number of amides is 2. The van der Waals surface area contributed by atoms with Crippen molar-refractivity contribution in [1.82, 2.24) is 10.2 Å². The van der Waals surface area contributed by atoms with Crippen molar-refractivity contribution in [3.05, 3.63) is 29.8 Å². The highest BCUT2D eigenvalue weighted by atomic mass is 16.5. The molecule has 1 rings (SSSR count). The van der Waals surface area contributed by atoms with Gasteiger partial charge in [-0.05, 0) is 38.1 Å². The number of benzene rings is 1. The van der Waals surface area contributed by atoms with Crippen LogP contribution in [0.4, 0.5) is 0 Å². The fraction of sp³-hybridized carbons (Fsp3) is 0.429. The van der Waals surface area contributed by atoms with E-state index < -0.39 is 0 Å². The van der Waals surface area contributed by atoms with E-state index in [-0.39, 0.29) is 18.4 Å². The second-order valence-corrected chi connectivity index (χ2v) is 4.05. The summed E-state index contributed by atoms with van der Waals surface area (Å²) in [6.45, 7) is 5.00. The van der Waals surface area contributed by atoms with Gasteiger partial charge in [0.05, 0.1) is 13.2 Å². The van der Waals surface area contributed by atoms with Crippen LogP contribution < -0.4 is 10.1 Å². The Hall–Kier alpha value is -2.04. The standard InChI is InChI=1S/C14H20N2O3/c1-4-16(3)13(17)10-15-14(18)11-6-8-12(9-7-11)19-5-2/h6-9H,4-5,10H2,1-3H3,(H,15,18). The van der Waals surface area contributed by atoms with Crippen molar-refractivity contribution in [2.75, 3.05) is 26.7 Å². The molecule has 19 heavy (non-hydrogen) atoms. The van der Waals surface area contributed by atoms with E-state index in [1.165, 1.54) is 0 Å². The van der Waals surface area contributed by atoms with E-state index in [2.05, 4.69) is 5.32 Å². The molecule has 1 aromatic carbocycles. The van der Waals surface area contributed by atoms with Crippen LogP contribution in [-0.4, -0.2) is 43.5 Å². The number of carbonyl (C=O) groups is 2. The molecule has 0 saturated carbocycles. The zero-order valence-electron chi connectivity index (χ0n) is 11.6.